The molecule has 0 radical (unpaired) electrons. The van der Waals surface area contributed by atoms with E-state index in [1.165, 1.54) is 36.4 Å². The van der Waals surface area contributed by atoms with Gasteiger partial charge in [-0.3, -0.25) is 14.5 Å². The number of carbonyl (C=O) groups excluding carboxylic acids is 1. The van der Waals surface area contributed by atoms with Gasteiger partial charge in [0.2, 0.25) is 5.91 Å². The van der Waals surface area contributed by atoms with Crippen LogP contribution in [0.2, 0.25) is 0 Å². The van der Waals surface area contributed by atoms with Crippen LogP contribution in [0.3, 0.4) is 0 Å². The lowest BCUT2D eigenvalue weighted by atomic mass is 10.0. The van der Waals surface area contributed by atoms with Crippen LogP contribution in [0.15, 0.2) is 55.4 Å². The molecule has 1 aromatic heterocycles. The van der Waals surface area contributed by atoms with Crippen LogP contribution in [-0.4, -0.2) is 66.2 Å². The molecule has 226 valence electrons. The molecular formula is C31H35F2N7O3. The Morgan fingerprint density at radius 1 is 1.12 bits per heavy atom. The number of hydrogen-bond donors (Lipinski definition) is 2. The van der Waals surface area contributed by atoms with Crippen LogP contribution in [0.25, 0.3) is 0 Å². The molecule has 3 fully saturated rings. The zero-order valence-electron chi connectivity index (χ0n) is 24.2. The Morgan fingerprint density at radius 3 is 2.70 bits per heavy atom. The van der Waals surface area contributed by atoms with Crippen molar-refractivity contribution >= 4 is 34.6 Å². The van der Waals surface area contributed by atoms with E-state index >= 15 is 0 Å². The molecule has 0 bridgehead atoms. The molecule has 2 aliphatic heterocycles. The van der Waals surface area contributed by atoms with E-state index in [2.05, 4.69) is 43.9 Å². The predicted octanol–water partition coefficient (Wildman–Crippen LogP) is 5.19. The molecule has 0 spiro atoms. The summed E-state index contributed by atoms with van der Waals surface area (Å²) in [4.78, 5) is 31.8. The Balaban J connectivity index is 1.29. The summed E-state index contributed by atoms with van der Waals surface area (Å²) < 4.78 is 34.3. The summed E-state index contributed by atoms with van der Waals surface area (Å²) in [5.41, 5.74) is 2.22. The third kappa shape index (κ3) is 6.11. The predicted molar refractivity (Wildman–Crippen MR) is 161 cm³/mol. The Labute approximate surface area is 249 Å². The van der Waals surface area contributed by atoms with Gasteiger partial charge >= 0.3 is 0 Å². The summed E-state index contributed by atoms with van der Waals surface area (Å²) in [6, 6.07) is 9.13. The van der Waals surface area contributed by atoms with Gasteiger partial charge in [-0.05, 0) is 50.1 Å². The molecule has 3 aromatic rings. The second-order valence-corrected chi connectivity index (χ2v) is 11.0. The maximum absolute atomic E-state index is 14.6. The minimum Gasteiger partial charge on any atom is -0.494 e. The Bertz CT molecular complexity index is 1520. The summed E-state index contributed by atoms with van der Waals surface area (Å²) in [6.45, 7) is 8.85. The first-order valence-corrected chi connectivity index (χ1v) is 14.5. The van der Waals surface area contributed by atoms with Crippen molar-refractivity contribution in [3.63, 3.8) is 0 Å². The molecule has 0 unspecified atom stereocenters. The number of methoxy groups -OCH3 is 1. The first-order valence-electron chi connectivity index (χ1n) is 14.5. The molecule has 1 aliphatic carbocycles. The zero-order chi connectivity index (χ0) is 30.1. The minimum atomic E-state index is -0.560. The number of rotatable bonds is 9. The Morgan fingerprint density at radius 2 is 1.95 bits per heavy atom. The SMILES string of the molecule is C=CC(=O)Nc1cc(Nc2cc(N3OCC[C@@H]3c3cc(F)ccc3F)ncn2)c(OC)cc1N1CCN(C2CC2)C[C@H]1C. The largest absolute Gasteiger partial charge is 0.494 e. The van der Waals surface area contributed by atoms with E-state index in [9.17, 15) is 13.6 Å². The van der Waals surface area contributed by atoms with Crippen molar-refractivity contribution in [2.45, 2.75) is 44.3 Å². The van der Waals surface area contributed by atoms with Crippen molar-refractivity contribution in [3.8, 4) is 5.75 Å². The fourth-order valence-electron chi connectivity index (χ4n) is 5.89. The average Bonchev–Trinajstić information content (AvgIpc) is 3.75. The van der Waals surface area contributed by atoms with Crippen LogP contribution in [0, 0.1) is 11.6 Å². The van der Waals surface area contributed by atoms with Gasteiger partial charge in [0.15, 0.2) is 5.82 Å². The summed E-state index contributed by atoms with van der Waals surface area (Å²) >= 11 is 0. The van der Waals surface area contributed by atoms with Crippen LogP contribution < -0.4 is 25.3 Å². The van der Waals surface area contributed by atoms with Crippen molar-refractivity contribution < 1.29 is 23.1 Å². The smallest absolute Gasteiger partial charge is 0.247 e. The first-order chi connectivity index (χ1) is 20.8. The van der Waals surface area contributed by atoms with E-state index in [1.54, 1.807) is 13.2 Å². The van der Waals surface area contributed by atoms with Crippen LogP contribution in [-0.2, 0) is 9.63 Å². The van der Waals surface area contributed by atoms with E-state index in [-0.39, 0.29) is 17.5 Å². The van der Waals surface area contributed by atoms with E-state index in [4.69, 9.17) is 9.57 Å². The van der Waals surface area contributed by atoms with Gasteiger partial charge in [-0.25, -0.2) is 23.8 Å². The quantitative estimate of drug-likeness (QED) is 0.326. The standard InChI is InChI=1S/C31H35F2N7O3/c1-4-31(41)37-24-14-25(28(42-3)15-27(24)39-11-10-38(17-19(39)2)21-6-7-21)36-29-16-30(35-18-34-29)40-26(9-12-43-40)22-13-20(32)5-8-23(22)33/h4-5,8,13-16,18-19,21,26H,1,6-7,9-12,17H2,2-3H3,(H,37,41)(H,34,35,36)/t19-,26-/m1/s1. The van der Waals surface area contributed by atoms with Crippen molar-refractivity contribution in [2.75, 3.05) is 53.9 Å². The number of hydrogen-bond acceptors (Lipinski definition) is 9. The summed E-state index contributed by atoms with van der Waals surface area (Å²) in [6.07, 6.45) is 5.58. The third-order valence-corrected chi connectivity index (χ3v) is 8.16. The molecule has 2 aromatic carbocycles. The number of halogens is 2. The summed E-state index contributed by atoms with van der Waals surface area (Å²) in [7, 11) is 1.59. The Kier molecular flexibility index (Phi) is 8.13. The fourth-order valence-corrected chi connectivity index (χ4v) is 5.89. The van der Waals surface area contributed by atoms with Gasteiger partial charge in [-0.15, -0.1) is 0 Å². The second kappa shape index (κ2) is 12.1. The monoisotopic (exact) mass is 591 g/mol. The van der Waals surface area contributed by atoms with Gasteiger partial charge in [-0.1, -0.05) is 6.58 Å². The lowest BCUT2D eigenvalue weighted by molar-refractivity contribution is -0.111. The van der Waals surface area contributed by atoms with Gasteiger partial charge in [-0.2, -0.15) is 0 Å². The van der Waals surface area contributed by atoms with Crippen LogP contribution in [0.4, 0.5) is 37.5 Å². The van der Waals surface area contributed by atoms with Crippen LogP contribution >= 0.6 is 0 Å². The number of aromatic nitrogens is 2. The molecule has 1 amide bonds. The highest BCUT2D eigenvalue weighted by Gasteiger charge is 2.35. The highest BCUT2D eigenvalue weighted by Crippen LogP contribution is 2.41. The molecule has 1 saturated carbocycles. The fraction of sp³-hybridized carbons (Fsp3) is 0.387. The topological polar surface area (TPSA) is 95.1 Å². The van der Waals surface area contributed by atoms with Gasteiger partial charge in [0.05, 0.1) is 36.8 Å². The third-order valence-electron chi connectivity index (χ3n) is 8.16. The van der Waals surface area contributed by atoms with Gasteiger partial charge < -0.3 is 20.3 Å². The summed E-state index contributed by atoms with van der Waals surface area (Å²) in [5, 5.41) is 7.70. The lowest BCUT2D eigenvalue weighted by Crippen LogP contribution is -2.52. The van der Waals surface area contributed by atoms with Crippen LogP contribution in [0.5, 0.6) is 5.75 Å². The maximum Gasteiger partial charge on any atom is 0.247 e. The number of piperazine rings is 1. The molecule has 43 heavy (non-hydrogen) atoms. The number of hydroxylamine groups is 1. The number of ether oxygens (including phenoxy) is 1. The number of nitrogens with one attached hydrogen (secondary N) is 2. The maximum atomic E-state index is 14.6. The number of carbonyl (C=O) groups is 1. The molecule has 3 aliphatic rings. The molecule has 6 rings (SSSR count). The molecule has 10 nitrogen and oxygen atoms in total. The van der Waals surface area contributed by atoms with Crippen molar-refractivity contribution in [1.82, 2.24) is 14.9 Å². The molecule has 2 N–H and O–H groups in total. The second-order valence-electron chi connectivity index (χ2n) is 11.0. The molecular weight excluding hydrogens is 556 g/mol. The lowest BCUT2D eigenvalue weighted by Gasteiger charge is -2.42. The molecule has 2 saturated heterocycles. The van der Waals surface area contributed by atoms with E-state index in [1.807, 2.05) is 12.1 Å². The van der Waals surface area contributed by atoms with E-state index in [0.29, 0.717) is 47.8 Å². The molecule has 2 atom stereocenters. The highest BCUT2D eigenvalue weighted by atomic mass is 19.1. The van der Waals surface area contributed by atoms with Gasteiger partial charge in [0, 0.05) is 55.8 Å². The number of amides is 1. The zero-order valence-corrected chi connectivity index (χ0v) is 24.2. The average molecular weight is 592 g/mol. The highest BCUT2D eigenvalue weighted by molar-refractivity contribution is 6.02. The molecule has 12 heteroatoms. The van der Waals surface area contributed by atoms with E-state index < -0.39 is 17.7 Å². The molecule has 3 heterocycles. The Hall–Kier alpha value is -4.29. The van der Waals surface area contributed by atoms with Crippen molar-refractivity contribution in [3.05, 3.63) is 72.6 Å². The van der Waals surface area contributed by atoms with Gasteiger partial charge in [0.1, 0.15) is 29.5 Å². The number of benzene rings is 2. The number of nitrogens with zero attached hydrogens (tertiary/aromatic N) is 5. The summed E-state index contributed by atoms with van der Waals surface area (Å²) in [5.74, 6) is -0.0217. The van der Waals surface area contributed by atoms with Crippen LogP contribution in [0.1, 0.15) is 37.8 Å². The van der Waals surface area contributed by atoms with Gasteiger partial charge in [0.25, 0.3) is 0 Å². The van der Waals surface area contributed by atoms with E-state index in [0.717, 1.165) is 37.5 Å². The first kappa shape index (κ1) is 28.8. The minimum absolute atomic E-state index is 0.192. The van der Waals surface area contributed by atoms with Crippen molar-refractivity contribution in [1.29, 1.82) is 0 Å². The number of anilines is 5. The van der Waals surface area contributed by atoms with Crippen molar-refractivity contribution in [2.24, 2.45) is 0 Å². The normalized spacial score (nSPS) is 20.7.